The molecule has 0 fully saturated rings. The van der Waals surface area contributed by atoms with Crippen molar-refractivity contribution < 1.29 is 9.53 Å². The fourth-order valence-corrected chi connectivity index (χ4v) is 3.08. The molecule has 0 saturated carbocycles. The fraction of sp³-hybridized carbons (Fsp3) is 0.188. The highest BCUT2D eigenvalue weighted by Gasteiger charge is 2.21. The lowest BCUT2D eigenvalue weighted by atomic mass is 10.0. The molecule has 1 aliphatic rings. The van der Waals surface area contributed by atoms with Crippen LogP contribution in [0.3, 0.4) is 0 Å². The van der Waals surface area contributed by atoms with E-state index in [-0.39, 0.29) is 5.12 Å². The number of ether oxygens (including phenoxy) is 1. The molecule has 3 heteroatoms. The maximum atomic E-state index is 12.0. The highest BCUT2D eigenvalue weighted by atomic mass is 32.2. The van der Waals surface area contributed by atoms with Crippen LogP contribution in [0.25, 0.3) is 0 Å². The van der Waals surface area contributed by atoms with Crippen molar-refractivity contribution in [2.75, 3.05) is 5.75 Å². The lowest BCUT2D eigenvalue weighted by Crippen LogP contribution is -2.11. The Hall–Kier alpha value is -1.74. The van der Waals surface area contributed by atoms with Crippen LogP contribution in [0.4, 0.5) is 0 Å². The van der Waals surface area contributed by atoms with Crippen molar-refractivity contribution in [3.63, 3.8) is 0 Å². The molecule has 0 aromatic heterocycles. The first kappa shape index (κ1) is 12.3. The molecular formula is C16H14O2S. The van der Waals surface area contributed by atoms with Crippen molar-refractivity contribution in [2.45, 2.75) is 13.0 Å². The lowest BCUT2D eigenvalue weighted by molar-refractivity contribution is 0.108. The van der Waals surface area contributed by atoms with Gasteiger partial charge >= 0.3 is 0 Å². The van der Waals surface area contributed by atoms with Gasteiger partial charge in [0, 0.05) is 5.75 Å². The second-order valence-corrected chi connectivity index (χ2v) is 5.52. The first-order chi connectivity index (χ1) is 9.34. The molecule has 19 heavy (non-hydrogen) atoms. The zero-order chi connectivity index (χ0) is 13.1. The van der Waals surface area contributed by atoms with E-state index < -0.39 is 0 Å². The van der Waals surface area contributed by atoms with E-state index in [1.807, 2.05) is 48.5 Å². The van der Waals surface area contributed by atoms with Crippen LogP contribution in [0.15, 0.2) is 48.5 Å². The number of hydrogen-bond donors (Lipinski definition) is 0. The molecule has 0 spiro atoms. The predicted molar refractivity (Wildman–Crippen MR) is 77.7 cm³/mol. The van der Waals surface area contributed by atoms with Gasteiger partial charge in [0.2, 0.25) is 5.12 Å². The summed E-state index contributed by atoms with van der Waals surface area (Å²) in [5, 5.41) is 0.130. The Labute approximate surface area is 116 Å². The van der Waals surface area contributed by atoms with Crippen LogP contribution in [0.5, 0.6) is 5.75 Å². The largest absolute Gasteiger partial charge is 0.488 e. The van der Waals surface area contributed by atoms with E-state index >= 15 is 0 Å². The van der Waals surface area contributed by atoms with Crippen LogP contribution in [0, 0.1) is 0 Å². The maximum absolute atomic E-state index is 12.0. The van der Waals surface area contributed by atoms with E-state index in [1.165, 1.54) is 11.8 Å². The molecule has 0 aliphatic carbocycles. The van der Waals surface area contributed by atoms with Crippen molar-refractivity contribution in [1.82, 2.24) is 0 Å². The summed E-state index contributed by atoms with van der Waals surface area (Å²) in [5.41, 5.74) is 2.97. The number of hydrogen-bond acceptors (Lipinski definition) is 3. The van der Waals surface area contributed by atoms with Gasteiger partial charge in [-0.3, -0.25) is 4.79 Å². The molecule has 3 rings (SSSR count). The van der Waals surface area contributed by atoms with Crippen LogP contribution < -0.4 is 4.74 Å². The smallest absolute Gasteiger partial charge is 0.223 e. The zero-order valence-electron chi connectivity index (χ0n) is 10.5. The topological polar surface area (TPSA) is 26.3 Å². The molecule has 0 radical (unpaired) electrons. The monoisotopic (exact) mass is 270 g/mol. The molecule has 2 nitrogen and oxygen atoms in total. The van der Waals surface area contributed by atoms with Gasteiger partial charge in [-0.05, 0) is 23.6 Å². The average molecular weight is 270 g/mol. The second-order valence-electron chi connectivity index (χ2n) is 4.45. The predicted octanol–water partition coefficient (Wildman–Crippen LogP) is 3.70. The van der Waals surface area contributed by atoms with Crippen molar-refractivity contribution >= 4 is 16.9 Å². The Balaban J connectivity index is 1.84. The van der Waals surface area contributed by atoms with Crippen LogP contribution in [-0.2, 0) is 13.0 Å². The molecule has 0 saturated heterocycles. The lowest BCUT2D eigenvalue weighted by Gasteiger charge is -2.18. The maximum Gasteiger partial charge on any atom is 0.223 e. The third-order valence-corrected chi connectivity index (χ3v) is 4.03. The van der Waals surface area contributed by atoms with Crippen molar-refractivity contribution in [1.29, 1.82) is 0 Å². The minimum absolute atomic E-state index is 0.130. The highest BCUT2D eigenvalue weighted by Crippen LogP contribution is 2.32. The number of rotatable bonds is 3. The standard InChI is InChI=1S/C16H14O2S/c17-16-15-13(9-10-19-16)7-4-8-14(15)18-11-12-5-2-1-3-6-12/h1-8H,9-11H2. The normalized spacial score (nSPS) is 14.0. The number of carbonyl (C=O) groups is 1. The highest BCUT2D eigenvalue weighted by molar-refractivity contribution is 8.14. The summed E-state index contributed by atoms with van der Waals surface area (Å²) in [4.78, 5) is 12.0. The van der Waals surface area contributed by atoms with E-state index in [0.717, 1.165) is 28.9 Å². The van der Waals surface area contributed by atoms with Gasteiger partial charge in [0.05, 0.1) is 5.56 Å². The molecule has 0 bridgehead atoms. The Morgan fingerprint density at radius 3 is 2.74 bits per heavy atom. The minimum atomic E-state index is 0.130. The van der Waals surface area contributed by atoms with Crippen LogP contribution in [0.2, 0.25) is 0 Å². The number of aryl methyl sites for hydroxylation is 1. The first-order valence-corrected chi connectivity index (χ1v) is 7.29. The Morgan fingerprint density at radius 1 is 1.05 bits per heavy atom. The summed E-state index contributed by atoms with van der Waals surface area (Å²) < 4.78 is 5.83. The van der Waals surface area contributed by atoms with Crippen molar-refractivity contribution in [2.24, 2.45) is 0 Å². The molecule has 0 atom stereocenters. The summed E-state index contributed by atoms with van der Waals surface area (Å²) in [6.07, 6.45) is 0.939. The molecule has 0 unspecified atom stereocenters. The van der Waals surface area contributed by atoms with Crippen molar-refractivity contribution in [3.05, 3.63) is 65.2 Å². The summed E-state index contributed by atoms with van der Waals surface area (Å²) in [5.74, 6) is 1.58. The minimum Gasteiger partial charge on any atom is -0.488 e. The summed E-state index contributed by atoms with van der Waals surface area (Å²) >= 11 is 1.38. The van der Waals surface area contributed by atoms with E-state index in [9.17, 15) is 4.79 Å². The Morgan fingerprint density at radius 2 is 1.89 bits per heavy atom. The van der Waals surface area contributed by atoms with Crippen molar-refractivity contribution in [3.8, 4) is 5.75 Å². The van der Waals surface area contributed by atoms with E-state index in [0.29, 0.717) is 12.4 Å². The molecule has 1 aliphatic heterocycles. The summed E-state index contributed by atoms with van der Waals surface area (Å²) in [7, 11) is 0. The van der Waals surface area contributed by atoms with E-state index in [4.69, 9.17) is 4.74 Å². The Bertz CT molecular complexity index is 593. The molecule has 2 aromatic carbocycles. The molecule has 2 aromatic rings. The summed E-state index contributed by atoms with van der Waals surface area (Å²) in [6, 6.07) is 15.8. The molecule has 1 heterocycles. The van der Waals surface area contributed by atoms with Gasteiger partial charge in [-0.15, -0.1) is 0 Å². The number of carbonyl (C=O) groups excluding carboxylic acids is 1. The van der Waals surface area contributed by atoms with Crippen LogP contribution in [-0.4, -0.2) is 10.9 Å². The van der Waals surface area contributed by atoms with E-state index in [2.05, 4.69) is 0 Å². The van der Waals surface area contributed by atoms with Gasteiger partial charge in [-0.25, -0.2) is 0 Å². The molecule has 0 amide bonds. The fourth-order valence-electron chi connectivity index (χ4n) is 2.20. The quantitative estimate of drug-likeness (QED) is 0.850. The number of fused-ring (bicyclic) bond motifs is 1. The number of thioether (sulfide) groups is 1. The van der Waals surface area contributed by atoms with Gasteiger partial charge in [0.15, 0.2) is 0 Å². The average Bonchev–Trinajstić information content (AvgIpc) is 2.46. The second kappa shape index (κ2) is 5.49. The summed E-state index contributed by atoms with van der Waals surface area (Å²) in [6.45, 7) is 0.495. The molecule has 96 valence electrons. The number of benzene rings is 2. The SMILES string of the molecule is O=C1SCCc2cccc(OCc3ccccc3)c21. The van der Waals surface area contributed by atoms with Crippen LogP contribution >= 0.6 is 11.8 Å². The van der Waals surface area contributed by atoms with Gasteiger partial charge in [0.25, 0.3) is 0 Å². The van der Waals surface area contributed by atoms with Crippen LogP contribution in [0.1, 0.15) is 21.5 Å². The van der Waals surface area contributed by atoms with Gasteiger partial charge in [0.1, 0.15) is 12.4 Å². The van der Waals surface area contributed by atoms with E-state index in [1.54, 1.807) is 0 Å². The Kier molecular flexibility index (Phi) is 3.56. The molecule has 0 N–H and O–H groups in total. The first-order valence-electron chi connectivity index (χ1n) is 6.30. The molecular weight excluding hydrogens is 256 g/mol. The third kappa shape index (κ3) is 2.66. The van der Waals surface area contributed by atoms with Gasteiger partial charge in [-0.1, -0.05) is 54.2 Å². The zero-order valence-corrected chi connectivity index (χ0v) is 11.3. The van der Waals surface area contributed by atoms with Gasteiger partial charge in [-0.2, -0.15) is 0 Å². The van der Waals surface area contributed by atoms with Gasteiger partial charge < -0.3 is 4.74 Å². The third-order valence-electron chi connectivity index (χ3n) is 3.16.